The van der Waals surface area contributed by atoms with Crippen LogP contribution in [0.15, 0.2) is 66.9 Å². The third kappa shape index (κ3) is 5.28. The van der Waals surface area contributed by atoms with Gasteiger partial charge < -0.3 is 15.4 Å². The van der Waals surface area contributed by atoms with Crippen LogP contribution < -0.4 is 15.4 Å². The van der Waals surface area contributed by atoms with Crippen molar-refractivity contribution >= 4 is 11.6 Å². The van der Waals surface area contributed by atoms with Crippen LogP contribution >= 0.6 is 0 Å². The molecule has 0 bridgehead atoms. The highest BCUT2D eigenvalue weighted by Crippen LogP contribution is 2.12. The number of nitrogens with zero attached hydrogens (tertiary/aromatic N) is 1. The fraction of sp³-hybridized carbons (Fsp3) is 0.143. The number of methoxy groups -OCH3 is 1. The second-order valence-corrected chi connectivity index (χ2v) is 5.94. The smallest absolute Gasteiger partial charge is 0.270 e. The zero-order chi connectivity index (χ0) is 19.1. The molecule has 0 unspecified atom stereocenters. The maximum Gasteiger partial charge on any atom is 0.270 e. The van der Waals surface area contributed by atoms with Gasteiger partial charge in [0, 0.05) is 13.1 Å². The average Bonchev–Trinajstić information content (AvgIpc) is 2.72. The van der Waals surface area contributed by atoms with Crippen LogP contribution in [0.3, 0.4) is 0 Å². The minimum absolute atomic E-state index is 0.240. The quantitative estimate of drug-likeness (QED) is 0.669. The summed E-state index contributed by atoms with van der Waals surface area (Å²) < 4.78 is 18.0. The van der Waals surface area contributed by atoms with Crippen molar-refractivity contribution in [2.24, 2.45) is 0 Å². The molecule has 1 heterocycles. The van der Waals surface area contributed by atoms with E-state index in [1.807, 2.05) is 24.3 Å². The summed E-state index contributed by atoms with van der Waals surface area (Å²) in [5.74, 6) is 0.275. The molecule has 0 saturated carbocycles. The number of pyridine rings is 1. The zero-order valence-corrected chi connectivity index (χ0v) is 14.9. The monoisotopic (exact) mass is 365 g/mol. The van der Waals surface area contributed by atoms with Gasteiger partial charge in [0.1, 0.15) is 17.3 Å². The summed E-state index contributed by atoms with van der Waals surface area (Å²) in [4.78, 5) is 16.4. The third-order valence-corrected chi connectivity index (χ3v) is 4.02. The number of hydrogen-bond acceptors (Lipinski definition) is 4. The van der Waals surface area contributed by atoms with E-state index >= 15 is 0 Å². The fourth-order valence-corrected chi connectivity index (χ4v) is 2.46. The third-order valence-electron chi connectivity index (χ3n) is 4.02. The molecular formula is C21H20FN3O2. The Morgan fingerprint density at radius 2 is 1.63 bits per heavy atom. The molecule has 6 heteroatoms. The number of ether oxygens (including phenoxy) is 1. The molecule has 1 amide bonds. The first kappa shape index (κ1) is 18.4. The molecular weight excluding hydrogens is 345 g/mol. The Balaban J connectivity index is 1.51. The van der Waals surface area contributed by atoms with E-state index in [0.717, 1.165) is 22.6 Å². The van der Waals surface area contributed by atoms with Crippen molar-refractivity contribution < 1.29 is 13.9 Å². The van der Waals surface area contributed by atoms with E-state index in [0.29, 0.717) is 18.8 Å². The van der Waals surface area contributed by atoms with Crippen molar-refractivity contribution in [2.75, 3.05) is 12.4 Å². The van der Waals surface area contributed by atoms with Gasteiger partial charge in [0.25, 0.3) is 5.91 Å². The van der Waals surface area contributed by atoms with Crippen molar-refractivity contribution in [1.29, 1.82) is 0 Å². The second-order valence-electron chi connectivity index (χ2n) is 5.94. The molecule has 0 spiro atoms. The second kappa shape index (κ2) is 8.80. The number of nitrogens with one attached hydrogen (secondary N) is 2. The number of hydrogen-bond donors (Lipinski definition) is 2. The summed E-state index contributed by atoms with van der Waals surface area (Å²) in [7, 11) is 1.61. The molecule has 3 aromatic rings. The molecule has 0 fully saturated rings. The molecule has 0 saturated heterocycles. The fourth-order valence-electron chi connectivity index (χ4n) is 2.46. The van der Waals surface area contributed by atoms with Crippen LogP contribution in [0.25, 0.3) is 0 Å². The molecule has 0 aliphatic rings. The topological polar surface area (TPSA) is 63.2 Å². The van der Waals surface area contributed by atoms with E-state index in [2.05, 4.69) is 15.6 Å². The van der Waals surface area contributed by atoms with Gasteiger partial charge in [-0.1, -0.05) is 24.3 Å². The van der Waals surface area contributed by atoms with E-state index in [-0.39, 0.29) is 11.7 Å². The summed E-state index contributed by atoms with van der Waals surface area (Å²) in [5.41, 5.74) is 3.06. The maximum atomic E-state index is 12.9. The number of carbonyl (C=O) groups excluding carboxylic acids is 1. The van der Waals surface area contributed by atoms with Crippen molar-refractivity contribution in [3.63, 3.8) is 0 Å². The Morgan fingerprint density at radius 1 is 0.963 bits per heavy atom. The summed E-state index contributed by atoms with van der Waals surface area (Å²) in [5, 5.41) is 6.02. The first-order chi connectivity index (χ1) is 13.1. The van der Waals surface area contributed by atoms with Crippen LogP contribution in [-0.2, 0) is 13.1 Å². The summed E-state index contributed by atoms with van der Waals surface area (Å²) >= 11 is 0. The Morgan fingerprint density at radius 3 is 2.26 bits per heavy atom. The van der Waals surface area contributed by atoms with E-state index in [1.165, 1.54) is 12.1 Å². The Bertz CT molecular complexity index is 879. The van der Waals surface area contributed by atoms with Gasteiger partial charge in [0.15, 0.2) is 0 Å². The molecule has 27 heavy (non-hydrogen) atoms. The van der Waals surface area contributed by atoms with Crippen LogP contribution in [0.2, 0.25) is 0 Å². The first-order valence-electron chi connectivity index (χ1n) is 8.49. The lowest BCUT2D eigenvalue weighted by Gasteiger charge is -2.08. The molecule has 5 nitrogen and oxygen atoms in total. The number of aromatic nitrogens is 1. The summed E-state index contributed by atoms with van der Waals surface area (Å²) in [6.45, 7) is 0.958. The maximum absolute atomic E-state index is 12.9. The minimum atomic E-state index is -0.259. The SMILES string of the molecule is COc1ccc(CNC(=O)c2ccc(NCc3ccc(F)cc3)cn2)cc1. The van der Waals surface area contributed by atoms with Gasteiger partial charge in [-0.25, -0.2) is 9.37 Å². The molecule has 2 aromatic carbocycles. The predicted molar refractivity (Wildman–Crippen MR) is 102 cm³/mol. The van der Waals surface area contributed by atoms with Gasteiger partial charge >= 0.3 is 0 Å². The standard InChI is InChI=1S/C21H20FN3O2/c1-27-19-9-4-16(5-10-19)13-25-21(26)20-11-8-18(14-24-20)23-12-15-2-6-17(22)7-3-15/h2-11,14,23H,12-13H2,1H3,(H,25,26). The molecule has 1 aromatic heterocycles. The van der Waals surface area contributed by atoms with Crippen molar-refractivity contribution in [2.45, 2.75) is 13.1 Å². The largest absolute Gasteiger partial charge is 0.497 e. The highest BCUT2D eigenvalue weighted by atomic mass is 19.1. The number of halogens is 1. The lowest BCUT2D eigenvalue weighted by Crippen LogP contribution is -2.23. The molecule has 2 N–H and O–H groups in total. The molecule has 0 aliphatic heterocycles. The lowest BCUT2D eigenvalue weighted by molar-refractivity contribution is 0.0946. The van der Waals surface area contributed by atoms with Crippen LogP contribution in [0, 0.1) is 5.82 Å². The Kier molecular flexibility index (Phi) is 5.99. The number of carbonyl (C=O) groups is 1. The van der Waals surface area contributed by atoms with Crippen molar-refractivity contribution in [1.82, 2.24) is 10.3 Å². The van der Waals surface area contributed by atoms with Crippen LogP contribution in [-0.4, -0.2) is 18.0 Å². The number of amides is 1. The molecule has 138 valence electrons. The van der Waals surface area contributed by atoms with Crippen LogP contribution in [0.1, 0.15) is 21.6 Å². The highest BCUT2D eigenvalue weighted by molar-refractivity contribution is 5.92. The van der Waals surface area contributed by atoms with E-state index in [1.54, 1.807) is 37.6 Å². The van der Waals surface area contributed by atoms with Crippen LogP contribution in [0.5, 0.6) is 5.75 Å². The van der Waals surface area contributed by atoms with E-state index in [4.69, 9.17) is 4.74 Å². The molecule has 3 rings (SSSR count). The molecule has 0 atom stereocenters. The summed E-state index contributed by atoms with van der Waals surface area (Å²) in [6.07, 6.45) is 1.60. The summed E-state index contributed by atoms with van der Waals surface area (Å²) in [6, 6.07) is 17.2. The number of benzene rings is 2. The van der Waals surface area contributed by atoms with Gasteiger partial charge in [0.05, 0.1) is 19.0 Å². The van der Waals surface area contributed by atoms with E-state index in [9.17, 15) is 9.18 Å². The first-order valence-corrected chi connectivity index (χ1v) is 8.49. The number of rotatable bonds is 7. The lowest BCUT2D eigenvalue weighted by atomic mass is 10.2. The minimum Gasteiger partial charge on any atom is -0.497 e. The Hall–Kier alpha value is -3.41. The zero-order valence-electron chi connectivity index (χ0n) is 14.9. The van der Waals surface area contributed by atoms with Crippen molar-refractivity contribution in [3.05, 3.63) is 89.5 Å². The highest BCUT2D eigenvalue weighted by Gasteiger charge is 2.07. The normalized spacial score (nSPS) is 10.3. The molecule has 0 radical (unpaired) electrons. The van der Waals surface area contributed by atoms with Crippen LogP contribution in [0.4, 0.5) is 10.1 Å². The number of anilines is 1. The van der Waals surface area contributed by atoms with Gasteiger partial charge in [-0.3, -0.25) is 4.79 Å². The predicted octanol–water partition coefficient (Wildman–Crippen LogP) is 3.77. The van der Waals surface area contributed by atoms with Gasteiger partial charge in [-0.2, -0.15) is 0 Å². The van der Waals surface area contributed by atoms with E-state index < -0.39 is 0 Å². The van der Waals surface area contributed by atoms with Gasteiger partial charge in [-0.05, 0) is 47.5 Å². The molecule has 0 aliphatic carbocycles. The Labute approximate surface area is 157 Å². The van der Waals surface area contributed by atoms with Gasteiger partial charge in [-0.15, -0.1) is 0 Å². The van der Waals surface area contributed by atoms with Gasteiger partial charge in [0.2, 0.25) is 0 Å². The van der Waals surface area contributed by atoms with Crippen molar-refractivity contribution in [3.8, 4) is 5.75 Å². The average molecular weight is 365 g/mol.